The molecule has 1 aromatic heterocycles. The highest BCUT2D eigenvalue weighted by Crippen LogP contribution is 2.22. The molecule has 1 aliphatic heterocycles. The first-order valence-corrected chi connectivity index (χ1v) is 9.88. The van der Waals surface area contributed by atoms with Crippen molar-refractivity contribution in [1.82, 2.24) is 14.7 Å². The zero-order chi connectivity index (χ0) is 16.3. The van der Waals surface area contributed by atoms with Crippen molar-refractivity contribution in [2.45, 2.75) is 39.0 Å². The van der Waals surface area contributed by atoms with Gasteiger partial charge in [-0.25, -0.2) is 8.42 Å². The summed E-state index contributed by atoms with van der Waals surface area (Å²) in [5.74, 6) is 0.556. The molecule has 0 unspecified atom stereocenters. The average Bonchev–Trinajstić information content (AvgIpc) is 3.13. The highest BCUT2D eigenvalue weighted by atomic mass is 32.2. The minimum absolute atomic E-state index is 0.0759. The molecule has 1 atom stereocenters. The van der Waals surface area contributed by atoms with Gasteiger partial charge in [-0.1, -0.05) is 30.3 Å². The molecule has 0 N–H and O–H groups in total. The van der Waals surface area contributed by atoms with Crippen LogP contribution in [0.3, 0.4) is 0 Å². The maximum Gasteiger partial charge on any atom is 0.151 e. The van der Waals surface area contributed by atoms with Crippen LogP contribution in [0.2, 0.25) is 0 Å². The number of hydrogen-bond acceptors (Lipinski definition) is 4. The van der Waals surface area contributed by atoms with E-state index in [0.717, 1.165) is 18.8 Å². The molecule has 0 saturated carbocycles. The lowest BCUT2D eigenvalue weighted by Gasteiger charge is -2.27. The first-order chi connectivity index (χ1) is 11.1. The van der Waals surface area contributed by atoms with Gasteiger partial charge in [0.25, 0.3) is 0 Å². The predicted molar refractivity (Wildman–Crippen MR) is 90.6 cm³/mol. The Hall–Kier alpha value is -1.66. The molecular weight excluding hydrogens is 310 g/mol. The van der Waals surface area contributed by atoms with Crippen molar-refractivity contribution in [1.29, 1.82) is 0 Å². The van der Waals surface area contributed by atoms with Gasteiger partial charge in [0, 0.05) is 31.9 Å². The number of benzene rings is 1. The minimum Gasteiger partial charge on any atom is -0.289 e. The van der Waals surface area contributed by atoms with E-state index in [-0.39, 0.29) is 11.8 Å². The first-order valence-electron chi connectivity index (χ1n) is 8.06. The van der Waals surface area contributed by atoms with E-state index >= 15 is 0 Å². The maximum atomic E-state index is 11.9. The number of nitrogens with zero attached hydrogens (tertiary/aromatic N) is 3. The topological polar surface area (TPSA) is 55.2 Å². The van der Waals surface area contributed by atoms with Crippen LogP contribution in [-0.4, -0.2) is 40.6 Å². The Morgan fingerprint density at radius 1 is 1.22 bits per heavy atom. The van der Waals surface area contributed by atoms with E-state index in [1.165, 1.54) is 5.56 Å². The number of sulfone groups is 1. The number of aryl methyl sites for hydroxylation is 1. The molecule has 1 aromatic carbocycles. The second-order valence-electron chi connectivity index (χ2n) is 6.11. The van der Waals surface area contributed by atoms with Gasteiger partial charge in [0.15, 0.2) is 9.84 Å². The SMILES string of the molecule is CCn1ccc(CN(Cc2ccccc2)[C@H]2CCS(=O)(=O)C2)n1. The Bertz CT molecular complexity index is 740. The smallest absolute Gasteiger partial charge is 0.151 e. The minimum atomic E-state index is -2.89. The van der Waals surface area contributed by atoms with Crippen LogP contribution in [0.1, 0.15) is 24.6 Å². The summed E-state index contributed by atoms with van der Waals surface area (Å²) in [5.41, 5.74) is 2.19. The molecule has 23 heavy (non-hydrogen) atoms. The Morgan fingerprint density at radius 3 is 2.61 bits per heavy atom. The first kappa shape index (κ1) is 16.2. The second kappa shape index (κ2) is 6.84. The molecule has 2 aromatic rings. The molecule has 3 rings (SSSR count). The molecule has 0 radical (unpaired) electrons. The fourth-order valence-corrected chi connectivity index (χ4v) is 4.83. The van der Waals surface area contributed by atoms with Gasteiger partial charge in [0.2, 0.25) is 0 Å². The van der Waals surface area contributed by atoms with Crippen LogP contribution in [0.4, 0.5) is 0 Å². The lowest BCUT2D eigenvalue weighted by atomic mass is 10.1. The van der Waals surface area contributed by atoms with E-state index in [0.29, 0.717) is 18.7 Å². The zero-order valence-electron chi connectivity index (χ0n) is 13.4. The van der Waals surface area contributed by atoms with Crippen LogP contribution in [0.5, 0.6) is 0 Å². The largest absolute Gasteiger partial charge is 0.289 e. The van der Waals surface area contributed by atoms with Crippen LogP contribution < -0.4 is 0 Å². The summed E-state index contributed by atoms with van der Waals surface area (Å²) in [5, 5.41) is 4.54. The molecular formula is C17H23N3O2S. The van der Waals surface area contributed by atoms with Crippen LogP contribution in [0.15, 0.2) is 42.6 Å². The molecule has 0 amide bonds. The van der Waals surface area contributed by atoms with E-state index in [2.05, 4.69) is 29.1 Å². The van der Waals surface area contributed by atoms with Crippen molar-refractivity contribution in [2.24, 2.45) is 0 Å². The summed E-state index contributed by atoms with van der Waals surface area (Å²) in [6.45, 7) is 4.33. The highest BCUT2D eigenvalue weighted by molar-refractivity contribution is 7.91. The molecule has 6 heteroatoms. The summed E-state index contributed by atoms with van der Waals surface area (Å²) < 4.78 is 25.6. The lowest BCUT2D eigenvalue weighted by molar-refractivity contribution is 0.191. The molecule has 1 fully saturated rings. The molecule has 1 aliphatic rings. The second-order valence-corrected chi connectivity index (χ2v) is 8.34. The molecule has 124 valence electrons. The Labute approximate surface area is 137 Å². The Kier molecular flexibility index (Phi) is 4.82. The quantitative estimate of drug-likeness (QED) is 0.812. The van der Waals surface area contributed by atoms with Crippen LogP contribution >= 0.6 is 0 Å². The van der Waals surface area contributed by atoms with Gasteiger partial charge in [-0.3, -0.25) is 9.58 Å². The van der Waals surface area contributed by atoms with Gasteiger partial charge in [-0.2, -0.15) is 5.10 Å². The van der Waals surface area contributed by atoms with Gasteiger partial charge in [-0.05, 0) is 25.0 Å². The normalized spacial score (nSPS) is 20.2. The van der Waals surface area contributed by atoms with Crippen LogP contribution in [-0.2, 0) is 29.5 Å². The molecule has 0 spiro atoms. The summed E-state index contributed by atoms with van der Waals surface area (Å²) in [7, 11) is -2.89. The third-order valence-corrected chi connectivity index (χ3v) is 6.09. The van der Waals surface area contributed by atoms with E-state index in [4.69, 9.17) is 0 Å². The fourth-order valence-electron chi connectivity index (χ4n) is 3.07. The van der Waals surface area contributed by atoms with Gasteiger partial charge < -0.3 is 0 Å². The maximum absolute atomic E-state index is 11.9. The summed E-state index contributed by atoms with van der Waals surface area (Å²) in [4.78, 5) is 2.25. The monoisotopic (exact) mass is 333 g/mol. The fraction of sp³-hybridized carbons (Fsp3) is 0.471. The Morgan fingerprint density at radius 2 is 2.00 bits per heavy atom. The summed E-state index contributed by atoms with van der Waals surface area (Å²) in [6, 6.07) is 12.3. The van der Waals surface area contributed by atoms with E-state index < -0.39 is 9.84 Å². The summed E-state index contributed by atoms with van der Waals surface area (Å²) in [6.07, 6.45) is 2.69. The molecule has 2 heterocycles. The molecule has 0 bridgehead atoms. The van der Waals surface area contributed by atoms with E-state index in [9.17, 15) is 8.42 Å². The number of hydrogen-bond donors (Lipinski definition) is 0. The summed E-state index contributed by atoms with van der Waals surface area (Å²) >= 11 is 0. The Balaban J connectivity index is 1.78. The standard InChI is InChI=1S/C17H23N3O2S/c1-2-20-10-8-16(18-20)13-19(12-15-6-4-3-5-7-15)17-9-11-23(21,22)14-17/h3-8,10,17H,2,9,11-14H2,1H3/t17-/m0/s1. The van der Waals surface area contributed by atoms with E-state index in [1.54, 1.807) is 0 Å². The molecule has 1 saturated heterocycles. The van der Waals surface area contributed by atoms with E-state index in [1.807, 2.05) is 35.1 Å². The number of aromatic nitrogens is 2. The van der Waals surface area contributed by atoms with Crippen molar-refractivity contribution in [3.8, 4) is 0 Å². The van der Waals surface area contributed by atoms with Crippen molar-refractivity contribution >= 4 is 9.84 Å². The van der Waals surface area contributed by atoms with Gasteiger partial charge in [0.1, 0.15) is 0 Å². The molecule has 5 nitrogen and oxygen atoms in total. The van der Waals surface area contributed by atoms with Crippen LogP contribution in [0, 0.1) is 0 Å². The van der Waals surface area contributed by atoms with Gasteiger partial charge >= 0.3 is 0 Å². The highest BCUT2D eigenvalue weighted by Gasteiger charge is 2.32. The molecule has 0 aliphatic carbocycles. The predicted octanol–water partition coefficient (Wildman–Crippen LogP) is 2.09. The lowest BCUT2D eigenvalue weighted by Crippen LogP contribution is -2.35. The van der Waals surface area contributed by atoms with Crippen molar-refractivity contribution in [3.05, 3.63) is 53.9 Å². The van der Waals surface area contributed by atoms with Gasteiger partial charge in [0.05, 0.1) is 17.2 Å². The zero-order valence-corrected chi connectivity index (χ0v) is 14.2. The van der Waals surface area contributed by atoms with Crippen molar-refractivity contribution in [3.63, 3.8) is 0 Å². The van der Waals surface area contributed by atoms with Crippen molar-refractivity contribution < 1.29 is 8.42 Å². The third-order valence-electron chi connectivity index (χ3n) is 4.34. The van der Waals surface area contributed by atoms with Crippen LogP contribution in [0.25, 0.3) is 0 Å². The van der Waals surface area contributed by atoms with Crippen molar-refractivity contribution in [2.75, 3.05) is 11.5 Å². The van der Waals surface area contributed by atoms with Gasteiger partial charge in [-0.15, -0.1) is 0 Å². The number of rotatable bonds is 6. The third kappa shape index (κ3) is 4.20. The average molecular weight is 333 g/mol.